The number of furan rings is 2. The number of para-hydroxylation sites is 1. The summed E-state index contributed by atoms with van der Waals surface area (Å²) in [6.07, 6.45) is 11.4. The zero-order chi connectivity index (χ0) is 73.3. The third kappa shape index (κ3) is 9.10. The summed E-state index contributed by atoms with van der Waals surface area (Å²) in [5.74, 6) is 0.680. The summed E-state index contributed by atoms with van der Waals surface area (Å²) in [5.41, 5.74) is 27.3. The maximum absolute atomic E-state index is 7.85. The Labute approximate surface area is 642 Å². The predicted octanol–water partition coefficient (Wildman–Crippen LogP) is 26.3. The first-order valence-corrected chi connectivity index (χ1v) is 38.1. The van der Waals surface area contributed by atoms with Crippen LogP contribution in [0.3, 0.4) is 0 Å². The molecular weight excluding hydrogens is 1370 g/mol. The van der Waals surface area contributed by atoms with Gasteiger partial charge in [-0.15, -0.1) is 0 Å². The van der Waals surface area contributed by atoms with E-state index in [4.69, 9.17) is 23.8 Å². The van der Waals surface area contributed by atoms with Crippen LogP contribution in [0.4, 0.5) is 22.7 Å². The lowest BCUT2D eigenvalue weighted by Gasteiger charge is -2.30. The SMILES string of the molecule is C1=NC(c2cc3ccccc3c3ccccc23)=NCN1c1cc2oc3c(-c4cccc(-c5ccncc5-c5cccnc5)c4)ccc4c5ccc(N(c6ccccc6)c6ccc7ccccc7c6)c6oc7cc(-c8ccnc(-c9ccc%10c(c9)C9(c%11ccccc%11-c%11ccccc%119)c9ccccc9-%10)c8)cc(c(c1)c2c34)c7c65. The summed E-state index contributed by atoms with van der Waals surface area (Å²) in [6, 6.07) is 117. The number of aliphatic imine (C=N–C) groups is 2. The summed E-state index contributed by atoms with van der Waals surface area (Å²) in [4.78, 5) is 29.6. The topological polar surface area (TPSA) is 96.1 Å². The Morgan fingerprint density at radius 1 is 0.321 bits per heavy atom. The van der Waals surface area contributed by atoms with Crippen molar-refractivity contribution in [3.05, 3.63) is 380 Å². The molecule has 0 fully saturated rings. The van der Waals surface area contributed by atoms with Crippen LogP contribution < -0.4 is 9.80 Å². The van der Waals surface area contributed by atoms with Crippen LogP contribution in [-0.4, -0.2) is 33.8 Å². The minimum Gasteiger partial charge on any atom is -0.455 e. The number of pyridine rings is 3. The number of rotatable bonds is 10. The van der Waals surface area contributed by atoms with Crippen LogP contribution in [-0.2, 0) is 5.41 Å². The molecule has 9 nitrogen and oxygen atoms in total. The number of anilines is 4. The van der Waals surface area contributed by atoms with E-state index < -0.39 is 5.41 Å². The fourth-order valence-corrected chi connectivity index (χ4v) is 19.1. The molecule has 0 bridgehead atoms. The Morgan fingerprint density at radius 2 is 0.973 bits per heavy atom. The molecule has 0 unspecified atom stereocenters. The van der Waals surface area contributed by atoms with Gasteiger partial charge in [0.1, 0.15) is 23.4 Å². The summed E-state index contributed by atoms with van der Waals surface area (Å²) >= 11 is 0. The lowest BCUT2D eigenvalue weighted by Crippen LogP contribution is -2.26. The molecule has 0 N–H and O–H groups in total. The average molecular weight is 1430 g/mol. The van der Waals surface area contributed by atoms with Gasteiger partial charge in [-0.1, -0.05) is 218 Å². The predicted molar refractivity (Wildman–Crippen MR) is 460 cm³/mol. The van der Waals surface area contributed by atoms with Gasteiger partial charge in [-0.2, -0.15) is 0 Å². The molecule has 6 heterocycles. The highest BCUT2D eigenvalue weighted by Gasteiger charge is 2.51. The van der Waals surface area contributed by atoms with Gasteiger partial charge in [-0.05, 0) is 223 Å². The molecule has 1 spiro atoms. The summed E-state index contributed by atoms with van der Waals surface area (Å²) in [6.45, 7) is 0.306. The summed E-state index contributed by atoms with van der Waals surface area (Å²) in [7, 11) is 0. The van der Waals surface area contributed by atoms with Gasteiger partial charge in [0.05, 0.1) is 23.1 Å². The molecule has 0 amide bonds. The monoisotopic (exact) mass is 1430 g/mol. The van der Waals surface area contributed by atoms with E-state index in [9.17, 15) is 0 Å². The van der Waals surface area contributed by atoms with Gasteiger partial charge in [-0.3, -0.25) is 15.0 Å². The van der Waals surface area contributed by atoms with Gasteiger partial charge in [0.25, 0.3) is 0 Å². The molecule has 24 rings (SSSR count). The molecule has 9 heteroatoms. The van der Waals surface area contributed by atoms with Crippen molar-refractivity contribution in [3.63, 3.8) is 0 Å². The van der Waals surface area contributed by atoms with Crippen LogP contribution in [0.5, 0.6) is 0 Å². The molecule has 0 saturated carbocycles. The van der Waals surface area contributed by atoms with Crippen molar-refractivity contribution in [2.75, 3.05) is 16.5 Å². The third-order valence-corrected chi connectivity index (χ3v) is 23.9. The lowest BCUT2D eigenvalue weighted by molar-refractivity contribution is 0.669. The van der Waals surface area contributed by atoms with E-state index in [1.54, 1.807) is 6.20 Å². The Hall–Kier alpha value is -14.9. The van der Waals surface area contributed by atoms with Crippen molar-refractivity contribution in [2.45, 2.75) is 5.41 Å². The van der Waals surface area contributed by atoms with Crippen LogP contribution in [0.25, 0.3) is 176 Å². The smallest absolute Gasteiger partial charge is 0.160 e. The van der Waals surface area contributed by atoms with E-state index in [-0.39, 0.29) is 0 Å². The second-order valence-electron chi connectivity index (χ2n) is 29.7. The van der Waals surface area contributed by atoms with Gasteiger partial charge >= 0.3 is 0 Å². The van der Waals surface area contributed by atoms with Crippen molar-refractivity contribution in [3.8, 4) is 78.0 Å². The van der Waals surface area contributed by atoms with E-state index in [0.717, 1.165) is 171 Å². The number of hydrogen-bond donors (Lipinski definition) is 0. The first kappa shape index (κ1) is 62.1. The van der Waals surface area contributed by atoms with E-state index in [1.165, 1.54) is 55.3 Å². The van der Waals surface area contributed by atoms with Crippen molar-refractivity contribution >= 4 is 133 Å². The number of fused-ring (bicyclic) bond motifs is 16. The number of aromatic nitrogens is 3. The molecule has 2 aliphatic carbocycles. The van der Waals surface area contributed by atoms with Crippen molar-refractivity contribution in [2.24, 2.45) is 9.98 Å². The van der Waals surface area contributed by atoms with Gasteiger partial charge in [0.2, 0.25) is 0 Å². The minimum absolute atomic E-state index is 0.306. The van der Waals surface area contributed by atoms with E-state index in [2.05, 4.69) is 335 Å². The fraction of sp³-hybridized carbons (Fsp3) is 0.0194. The van der Waals surface area contributed by atoms with E-state index in [0.29, 0.717) is 12.5 Å². The highest BCUT2D eigenvalue weighted by Crippen LogP contribution is 2.63. The van der Waals surface area contributed by atoms with Crippen molar-refractivity contribution in [1.82, 2.24) is 15.0 Å². The molecule has 16 aromatic carbocycles. The zero-order valence-electron chi connectivity index (χ0n) is 60.2. The van der Waals surface area contributed by atoms with Crippen LogP contribution in [0, 0.1) is 0 Å². The number of benzene rings is 15. The number of amidine groups is 1. The van der Waals surface area contributed by atoms with E-state index in [1.807, 2.05) is 37.2 Å². The molecular formula is C103H61N7O2. The Bertz CT molecular complexity index is 7580. The summed E-state index contributed by atoms with van der Waals surface area (Å²) in [5, 5.41) is 14.9. The Kier molecular flexibility index (Phi) is 13.3. The molecule has 1 aliphatic heterocycles. The maximum atomic E-state index is 7.85. The van der Waals surface area contributed by atoms with Gasteiger partial charge < -0.3 is 18.6 Å². The van der Waals surface area contributed by atoms with Crippen molar-refractivity contribution < 1.29 is 8.83 Å². The second-order valence-corrected chi connectivity index (χ2v) is 29.7. The second kappa shape index (κ2) is 24.0. The fourth-order valence-electron chi connectivity index (χ4n) is 19.1. The molecule has 0 saturated heterocycles. The van der Waals surface area contributed by atoms with Crippen LogP contribution in [0.2, 0.25) is 0 Å². The highest BCUT2D eigenvalue weighted by molar-refractivity contribution is 6.39. The number of nitrogens with zero attached hydrogens (tertiary/aromatic N) is 7. The van der Waals surface area contributed by atoms with Crippen LogP contribution >= 0.6 is 0 Å². The van der Waals surface area contributed by atoms with Crippen molar-refractivity contribution in [1.29, 1.82) is 0 Å². The molecule has 0 radical (unpaired) electrons. The molecule has 112 heavy (non-hydrogen) atoms. The van der Waals surface area contributed by atoms with Gasteiger partial charge in [0.15, 0.2) is 11.4 Å². The number of hydrogen-bond acceptors (Lipinski definition) is 9. The summed E-state index contributed by atoms with van der Waals surface area (Å²) < 4.78 is 15.6. The minimum atomic E-state index is -0.519. The Morgan fingerprint density at radius 3 is 1.75 bits per heavy atom. The lowest BCUT2D eigenvalue weighted by atomic mass is 9.70. The normalized spacial score (nSPS) is 13.4. The molecule has 0 atom stereocenters. The zero-order valence-corrected chi connectivity index (χ0v) is 60.2. The third-order valence-electron chi connectivity index (χ3n) is 23.9. The standard InChI is InChI=1S/C103H61N7O2/c1-2-24-70(25-3-1)110(71-37-35-61-18-4-5-19-62(61)49-71)93-42-41-83-82-40-39-75(65-22-16-21-64(48-65)74-44-46-105-58-87(74)68-23-17-45-104-57-68)100-98(82)97-85(55-72(56-95(97)111-100)109-59-107-102(108-60-109)86-50-66-20-6-7-26-73(66)76-27-8-9-28-77(76)86)84-51-69(54-94-96(84)99(83)101(93)112-94)63-43-47-106-92(53-63)67-36-38-81-80-31-12-15-34-90(80)103(91(81)52-67)88-32-13-10-29-78(88)79-30-11-14-33-89(79)103/h1-59H,60H2. The quantitative estimate of drug-likeness (QED) is 0.126. The molecule has 21 aromatic rings. The van der Waals surface area contributed by atoms with Gasteiger partial charge in [0, 0.05) is 103 Å². The Balaban J connectivity index is 0.762. The van der Waals surface area contributed by atoms with Gasteiger partial charge in [-0.25, -0.2) is 9.98 Å². The van der Waals surface area contributed by atoms with Crippen LogP contribution in [0.15, 0.2) is 371 Å². The first-order chi connectivity index (χ1) is 55.5. The highest BCUT2D eigenvalue weighted by atomic mass is 16.3. The molecule has 3 aliphatic rings. The molecule has 520 valence electrons. The average Bonchev–Trinajstić information content (AvgIpc) is 1.51. The van der Waals surface area contributed by atoms with Crippen LogP contribution in [0.1, 0.15) is 27.8 Å². The first-order valence-electron chi connectivity index (χ1n) is 38.1. The largest absolute Gasteiger partial charge is 0.455 e. The molecule has 5 aromatic heterocycles. The van der Waals surface area contributed by atoms with E-state index >= 15 is 0 Å². The maximum Gasteiger partial charge on any atom is 0.160 e.